The second-order valence-electron chi connectivity index (χ2n) is 5.66. The summed E-state index contributed by atoms with van der Waals surface area (Å²) >= 11 is 1.45. The minimum atomic E-state index is -3.40. The molecule has 1 aromatic heterocycles. The predicted molar refractivity (Wildman–Crippen MR) is 86.9 cm³/mol. The van der Waals surface area contributed by atoms with E-state index in [9.17, 15) is 8.42 Å². The van der Waals surface area contributed by atoms with Gasteiger partial charge < -0.3 is 0 Å². The summed E-state index contributed by atoms with van der Waals surface area (Å²) in [5, 5.41) is 2.61. The zero-order valence-electron chi connectivity index (χ0n) is 12.4. The van der Waals surface area contributed by atoms with E-state index in [1.165, 1.54) is 11.3 Å². The van der Waals surface area contributed by atoms with E-state index in [0.717, 1.165) is 10.6 Å². The van der Waals surface area contributed by atoms with Crippen LogP contribution in [-0.2, 0) is 15.6 Å². The maximum absolute atomic E-state index is 12.4. The van der Waals surface area contributed by atoms with Crippen LogP contribution in [0.25, 0.3) is 0 Å². The molecule has 0 fully saturated rings. The standard InChI is InChI=1S/C15H20N2O2S2/c1-12(13-7-5-4-6-8-13)11-21(18,19)17-15(2,3)14-16-9-10-20-14/h4-10,12,17H,11H2,1-3H3. The second-order valence-corrected chi connectivity index (χ2v) is 8.32. The van der Waals surface area contributed by atoms with Gasteiger partial charge in [-0.25, -0.2) is 18.1 Å². The molecule has 0 saturated carbocycles. The third kappa shape index (κ3) is 4.36. The lowest BCUT2D eigenvalue weighted by Gasteiger charge is -2.24. The molecule has 0 bridgehead atoms. The summed E-state index contributed by atoms with van der Waals surface area (Å²) in [6.45, 7) is 5.58. The lowest BCUT2D eigenvalue weighted by Crippen LogP contribution is -2.42. The molecule has 1 unspecified atom stereocenters. The van der Waals surface area contributed by atoms with Crippen LogP contribution < -0.4 is 4.72 Å². The molecular formula is C15H20N2O2S2. The quantitative estimate of drug-likeness (QED) is 0.888. The van der Waals surface area contributed by atoms with Gasteiger partial charge in [-0.2, -0.15) is 0 Å². The summed E-state index contributed by atoms with van der Waals surface area (Å²) in [5.74, 6) is 0.00188. The minimum absolute atomic E-state index is 0.0594. The Hall–Kier alpha value is -1.24. The number of hydrogen-bond acceptors (Lipinski definition) is 4. The SMILES string of the molecule is CC(CS(=O)(=O)NC(C)(C)c1nccs1)c1ccccc1. The Morgan fingerprint density at radius 2 is 1.95 bits per heavy atom. The van der Waals surface area contributed by atoms with Gasteiger partial charge in [0.05, 0.1) is 11.3 Å². The molecule has 1 heterocycles. The Labute approximate surface area is 130 Å². The number of rotatable bonds is 6. The molecule has 0 amide bonds. The lowest BCUT2D eigenvalue weighted by molar-refractivity contribution is 0.468. The molecule has 0 aliphatic rings. The van der Waals surface area contributed by atoms with Crippen molar-refractivity contribution in [3.8, 4) is 0 Å². The van der Waals surface area contributed by atoms with Crippen molar-refractivity contribution < 1.29 is 8.42 Å². The highest BCUT2D eigenvalue weighted by atomic mass is 32.2. The zero-order valence-corrected chi connectivity index (χ0v) is 14.0. The number of benzene rings is 1. The molecule has 0 spiro atoms. The summed E-state index contributed by atoms with van der Waals surface area (Å²) < 4.78 is 27.5. The van der Waals surface area contributed by atoms with Crippen molar-refractivity contribution in [3.63, 3.8) is 0 Å². The number of nitrogens with zero attached hydrogens (tertiary/aromatic N) is 1. The molecule has 6 heteroatoms. The summed E-state index contributed by atoms with van der Waals surface area (Å²) in [4.78, 5) is 4.20. The molecule has 4 nitrogen and oxygen atoms in total. The molecule has 0 aliphatic carbocycles. The van der Waals surface area contributed by atoms with Crippen molar-refractivity contribution in [1.29, 1.82) is 0 Å². The maximum Gasteiger partial charge on any atom is 0.213 e. The Morgan fingerprint density at radius 3 is 2.52 bits per heavy atom. The highest BCUT2D eigenvalue weighted by molar-refractivity contribution is 7.89. The fraction of sp³-hybridized carbons (Fsp3) is 0.400. The van der Waals surface area contributed by atoms with Crippen molar-refractivity contribution in [2.75, 3.05) is 5.75 Å². The molecule has 2 aromatic rings. The van der Waals surface area contributed by atoms with Gasteiger partial charge in [0, 0.05) is 11.6 Å². The summed E-state index contributed by atoms with van der Waals surface area (Å²) in [6.07, 6.45) is 1.68. The Morgan fingerprint density at radius 1 is 1.29 bits per heavy atom. The van der Waals surface area contributed by atoms with Gasteiger partial charge >= 0.3 is 0 Å². The molecule has 0 saturated heterocycles. The van der Waals surface area contributed by atoms with Gasteiger partial charge in [-0.05, 0) is 25.3 Å². The van der Waals surface area contributed by atoms with Crippen LogP contribution in [-0.4, -0.2) is 19.2 Å². The number of nitrogens with one attached hydrogen (secondary N) is 1. The number of hydrogen-bond donors (Lipinski definition) is 1. The highest BCUT2D eigenvalue weighted by Gasteiger charge is 2.30. The fourth-order valence-corrected chi connectivity index (χ4v) is 4.80. The zero-order chi connectivity index (χ0) is 15.5. The first-order valence-electron chi connectivity index (χ1n) is 6.77. The van der Waals surface area contributed by atoms with Crippen molar-refractivity contribution >= 4 is 21.4 Å². The van der Waals surface area contributed by atoms with Crippen molar-refractivity contribution in [2.24, 2.45) is 0 Å². The number of thiazole rings is 1. The molecule has 1 N–H and O–H groups in total. The molecule has 1 atom stereocenters. The predicted octanol–water partition coefficient (Wildman–Crippen LogP) is 3.10. The van der Waals surface area contributed by atoms with Gasteiger partial charge in [0.15, 0.2) is 0 Å². The first kappa shape index (κ1) is 16.1. The molecule has 1 aromatic carbocycles. The van der Waals surface area contributed by atoms with Gasteiger partial charge in [-0.15, -0.1) is 11.3 Å². The van der Waals surface area contributed by atoms with Crippen LogP contribution in [0.4, 0.5) is 0 Å². The smallest absolute Gasteiger partial charge is 0.213 e. The summed E-state index contributed by atoms with van der Waals surface area (Å²) in [7, 11) is -3.40. The van der Waals surface area contributed by atoms with E-state index in [1.54, 1.807) is 6.20 Å². The Kier molecular flexibility index (Phi) is 4.81. The van der Waals surface area contributed by atoms with E-state index in [1.807, 2.05) is 56.5 Å². The van der Waals surface area contributed by atoms with E-state index < -0.39 is 15.6 Å². The van der Waals surface area contributed by atoms with Gasteiger partial charge in [0.1, 0.15) is 5.01 Å². The average molecular weight is 324 g/mol. The third-order valence-corrected chi connectivity index (χ3v) is 6.07. The lowest BCUT2D eigenvalue weighted by atomic mass is 10.0. The Balaban J connectivity index is 2.09. The fourth-order valence-electron chi connectivity index (χ4n) is 2.21. The maximum atomic E-state index is 12.4. The number of aromatic nitrogens is 1. The van der Waals surface area contributed by atoms with Gasteiger partial charge in [0.25, 0.3) is 0 Å². The second kappa shape index (κ2) is 6.25. The van der Waals surface area contributed by atoms with E-state index >= 15 is 0 Å². The van der Waals surface area contributed by atoms with Gasteiger partial charge in [-0.1, -0.05) is 37.3 Å². The van der Waals surface area contributed by atoms with Crippen LogP contribution in [0.5, 0.6) is 0 Å². The van der Waals surface area contributed by atoms with E-state index in [0.29, 0.717) is 0 Å². The van der Waals surface area contributed by atoms with Crippen molar-refractivity contribution in [2.45, 2.75) is 32.2 Å². The minimum Gasteiger partial charge on any atom is -0.248 e. The van der Waals surface area contributed by atoms with E-state index in [-0.39, 0.29) is 11.7 Å². The van der Waals surface area contributed by atoms with Crippen LogP contribution in [0.1, 0.15) is 37.3 Å². The van der Waals surface area contributed by atoms with E-state index in [4.69, 9.17) is 0 Å². The van der Waals surface area contributed by atoms with Gasteiger partial charge in [-0.3, -0.25) is 0 Å². The molecule has 0 radical (unpaired) electrons. The molecule has 2 rings (SSSR count). The first-order valence-corrected chi connectivity index (χ1v) is 9.30. The Bertz CT molecular complexity index is 665. The van der Waals surface area contributed by atoms with E-state index in [2.05, 4.69) is 9.71 Å². The van der Waals surface area contributed by atoms with Crippen LogP contribution in [0.2, 0.25) is 0 Å². The van der Waals surface area contributed by atoms with Crippen LogP contribution in [0, 0.1) is 0 Å². The molecular weight excluding hydrogens is 304 g/mol. The monoisotopic (exact) mass is 324 g/mol. The first-order chi connectivity index (χ1) is 9.80. The molecule has 21 heavy (non-hydrogen) atoms. The largest absolute Gasteiger partial charge is 0.248 e. The summed E-state index contributed by atoms with van der Waals surface area (Å²) in [5.41, 5.74) is 0.332. The number of sulfonamides is 1. The van der Waals surface area contributed by atoms with Crippen LogP contribution in [0.3, 0.4) is 0 Å². The molecule has 0 aliphatic heterocycles. The van der Waals surface area contributed by atoms with Crippen LogP contribution >= 0.6 is 11.3 Å². The van der Waals surface area contributed by atoms with Crippen molar-refractivity contribution in [1.82, 2.24) is 9.71 Å². The average Bonchev–Trinajstić information content (AvgIpc) is 2.92. The molecule has 114 valence electrons. The van der Waals surface area contributed by atoms with Gasteiger partial charge in [0.2, 0.25) is 10.0 Å². The summed E-state index contributed by atoms with van der Waals surface area (Å²) in [6, 6.07) is 9.67. The van der Waals surface area contributed by atoms with Crippen LogP contribution in [0.15, 0.2) is 41.9 Å². The topological polar surface area (TPSA) is 59.1 Å². The normalized spacial score (nSPS) is 14.0. The van der Waals surface area contributed by atoms with Crippen molar-refractivity contribution in [3.05, 3.63) is 52.5 Å². The third-order valence-electron chi connectivity index (χ3n) is 3.22. The highest BCUT2D eigenvalue weighted by Crippen LogP contribution is 2.24.